The van der Waals surface area contributed by atoms with Gasteiger partial charge in [0.05, 0.1) is 0 Å². The third kappa shape index (κ3) is 2.35. The molecule has 0 aromatic carbocycles. The lowest BCUT2D eigenvalue weighted by Crippen LogP contribution is -2.14. The van der Waals surface area contributed by atoms with Gasteiger partial charge in [0, 0.05) is 24.1 Å². The van der Waals surface area contributed by atoms with Crippen LogP contribution in [0.1, 0.15) is 29.3 Å². The van der Waals surface area contributed by atoms with E-state index in [4.69, 9.17) is 10.5 Å². The first-order chi connectivity index (χ1) is 6.75. The Morgan fingerprint density at radius 2 is 2.57 bits per heavy atom. The van der Waals surface area contributed by atoms with Crippen molar-refractivity contribution in [3.63, 3.8) is 0 Å². The molecule has 14 heavy (non-hydrogen) atoms. The minimum atomic E-state index is 0.201. The van der Waals surface area contributed by atoms with Crippen LogP contribution in [-0.4, -0.2) is 13.2 Å². The highest BCUT2D eigenvalue weighted by Gasteiger charge is 2.19. The molecule has 1 fully saturated rings. The highest BCUT2D eigenvalue weighted by atomic mass is 32.1. The van der Waals surface area contributed by atoms with Gasteiger partial charge in [-0.3, -0.25) is 0 Å². The molecule has 0 bridgehead atoms. The van der Waals surface area contributed by atoms with Crippen LogP contribution in [0.2, 0.25) is 0 Å². The van der Waals surface area contributed by atoms with E-state index >= 15 is 0 Å². The van der Waals surface area contributed by atoms with Gasteiger partial charge in [-0.15, -0.1) is 11.3 Å². The summed E-state index contributed by atoms with van der Waals surface area (Å²) in [6, 6.07) is 2.40. The largest absolute Gasteiger partial charge is 0.381 e. The Bertz CT molecular complexity index is 291. The molecule has 0 spiro atoms. The molecule has 1 aromatic heterocycles. The summed E-state index contributed by atoms with van der Waals surface area (Å²) in [6.07, 6.45) is 2.24. The molecule has 1 aliphatic heterocycles. The number of hydrogen-bond acceptors (Lipinski definition) is 3. The number of hydrogen-bond donors (Lipinski definition) is 1. The van der Waals surface area contributed by atoms with Crippen LogP contribution < -0.4 is 5.73 Å². The fraction of sp³-hybridized carbons (Fsp3) is 0.636. The molecule has 1 aromatic rings. The predicted molar refractivity (Wildman–Crippen MR) is 59.5 cm³/mol. The molecular weight excluding hydrogens is 194 g/mol. The molecular formula is C11H17NOS. The Labute approximate surface area is 89.1 Å². The summed E-state index contributed by atoms with van der Waals surface area (Å²) in [6.45, 7) is 3.94. The molecule has 2 N–H and O–H groups in total. The third-order valence-corrected chi connectivity index (χ3v) is 3.67. The summed E-state index contributed by atoms with van der Waals surface area (Å²) >= 11 is 1.78. The van der Waals surface area contributed by atoms with Gasteiger partial charge in [0.15, 0.2) is 0 Å². The zero-order chi connectivity index (χ0) is 9.97. The molecule has 1 aliphatic rings. The quantitative estimate of drug-likeness (QED) is 0.833. The van der Waals surface area contributed by atoms with E-state index < -0.39 is 0 Å². The number of aryl methyl sites for hydroxylation is 1. The first kappa shape index (κ1) is 10.1. The van der Waals surface area contributed by atoms with Crippen LogP contribution in [0, 0.1) is 12.8 Å². The van der Waals surface area contributed by atoms with Gasteiger partial charge in [0.1, 0.15) is 0 Å². The van der Waals surface area contributed by atoms with Crippen molar-refractivity contribution >= 4 is 11.3 Å². The number of thiophene rings is 1. The number of ether oxygens (including phenoxy) is 1. The van der Waals surface area contributed by atoms with E-state index in [0.29, 0.717) is 5.92 Å². The molecule has 2 nitrogen and oxygen atoms in total. The molecule has 2 rings (SSSR count). The average molecular weight is 211 g/mol. The second-order valence-electron chi connectivity index (χ2n) is 4.06. The van der Waals surface area contributed by atoms with Gasteiger partial charge in [-0.05, 0) is 42.7 Å². The van der Waals surface area contributed by atoms with Gasteiger partial charge in [0.25, 0.3) is 0 Å². The van der Waals surface area contributed by atoms with E-state index in [1.54, 1.807) is 11.3 Å². The summed E-state index contributed by atoms with van der Waals surface area (Å²) in [5.74, 6) is 0.671. The zero-order valence-electron chi connectivity index (χ0n) is 8.53. The van der Waals surface area contributed by atoms with Crippen LogP contribution in [-0.2, 0) is 4.74 Å². The molecule has 0 saturated carbocycles. The van der Waals surface area contributed by atoms with Crippen LogP contribution in [0.4, 0.5) is 0 Å². The van der Waals surface area contributed by atoms with Gasteiger partial charge < -0.3 is 10.5 Å². The molecule has 78 valence electrons. The summed E-state index contributed by atoms with van der Waals surface area (Å²) in [5.41, 5.74) is 7.43. The Hall–Kier alpha value is -0.380. The van der Waals surface area contributed by atoms with Gasteiger partial charge in [-0.2, -0.15) is 0 Å². The van der Waals surface area contributed by atoms with E-state index in [0.717, 1.165) is 19.6 Å². The predicted octanol–water partition coefficient (Wildman–Crippen LogP) is 2.48. The van der Waals surface area contributed by atoms with Crippen molar-refractivity contribution in [2.75, 3.05) is 13.2 Å². The molecule has 2 heterocycles. The Balaban J connectivity index is 1.91. The van der Waals surface area contributed by atoms with Crippen LogP contribution in [0.3, 0.4) is 0 Å². The van der Waals surface area contributed by atoms with E-state index in [1.807, 2.05) is 0 Å². The summed E-state index contributed by atoms with van der Waals surface area (Å²) in [7, 11) is 0. The van der Waals surface area contributed by atoms with E-state index in [1.165, 1.54) is 16.9 Å². The summed E-state index contributed by atoms with van der Waals surface area (Å²) < 4.78 is 5.35. The van der Waals surface area contributed by atoms with Crippen molar-refractivity contribution in [2.45, 2.75) is 25.8 Å². The first-order valence-electron chi connectivity index (χ1n) is 5.14. The van der Waals surface area contributed by atoms with Crippen molar-refractivity contribution in [2.24, 2.45) is 11.7 Å². The topological polar surface area (TPSA) is 35.2 Å². The maximum atomic E-state index is 6.14. The standard InChI is InChI=1S/C11H17NOS/c1-8-4-10(7-14-8)11(12)5-9-2-3-13-6-9/h4,7,9,11H,2-3,5-6,12H2,1H3. The van der Waals surface area contributed by atoms with Gasteiger partial charge in [0.2, 0.25) is 0 Å². The minimum absolute atomic E-state index is 0.201. The Morgan fingerprint density at radius 3 is 3.14 bits per heavy atom. The van der Waals surface area contributed by atoms with Crippen LogP contribution >= 0.6 is 11.3 Å². The maximum Gasteiger partial charge on any atom is 0.0495 e. The smallest absolute Gasteiger partial charge is 0.0495 e. The van der Waals surface area contributed by atoms with Crippen molar-refractivity contribution in [3.05, 3.63) is 21.9 Å². The summed E-state index contributed by atoms with van der Waals surface area (Å²) in [5, 5.41) is 2.18. The molecule has 2 atom stereocenters. The normalized spacial score (nSPS) is 24.0. The van der Waals surface area contributed by atoms with Crippen LogP contribution in [0.15, 0.2) is 11.4 Å². The highest BCUT2D eigenvalue weighted by Crippen LogP contribution is 2.27. The molecule has 0 amide bonds. The molecule has 3 heteroatoms. The van der Waals surface area contributed by atoms with Gasteiger partial charge >= 0.3 is 0 Å². The van der Waals surface area contributed by atoms with Gasteiger partial charge in [-0.25, -0.2) is 0 Å². The van der Waals surface area contributed by atoms with Crippen molar-refractivity contribution < 1.29 is 4.74 Å². The van der Waals surface area contributed by atoms with E-state index in [2.05, 4.69) is 18.4 Å². The van der Waals surface area contributed by atoms with Crippen molar-refractivity contribution in [1.82, 2.24) is 0 Å². The number of rotatable bonds is 3. The Morgan fingerprint density at radius 1 is 1.71 bits per heavy atom. The maximum absolute atomic E-state index is 6.14. The second kappa shape index (κ2) is 4.43. The van der Waals surface area contributed by atoms with Crippen LogP contribution in [0.5, 0.6) is 0 Å². The summed E-state index contributed by atoms with van der Waals surface area (Å²) in [4.78, 5) is 1.35. The lowest BCUT2D eigenvalue weighted by Gasteiger charge is -2.13. The zero-order valence-corrected chi connectivity index (χ0v) is 9.35. The SMILES string of the molecule is Cc1cc(C(N)CC2CCOC2)cs1. The number of nitrogens with two attached hydrogens (primary N) is 1. The van der Waals surface area contributed by atoms with Gasteiger partial charge in [-0.1, -0.05) is 0 Å². The average Bonchev–Trinajstić information content (AvgIpc) is 2.75. The fourth-order valence-corrected chi connectivity index (χ4v) is 2.69. The monoisotopic (exact) mass is 211 g/mol. The minimum Gasteiger partial charge on any atom is -0.381 e. The lowest BCUT2D eigenvalue weighted by molar-refractivity contribution is 0.182. The molecule has 1 saturated heterocycles. The second-order valence-corrected chi connectivity index (χ2v) is 5.18. The van der Waals surface area contributed by atoms with E-state index in [-0.39, 0.29) is 6.04 Å². The first-order valence-corrected chi connectivity index (χ1v) is 6.02. The third-order valence-electron chi connectivity index (χ3n) is 2.79. The molecule has 0 radical (unpaired) electrons. The highest BCUT2D eigenvalue weighted by molar-refractivity contribution is 7.10. The fourth-order valence-electron chi connectivity index (χ4n) is 1.92. The lowest BCUT2D eigenvalue weighted by atomic mass is 9.96. The van der Waals surface area contributed by atoms with E-state index in [9.17, 15) is 0 Å². The van der Waals surface area contributed by atoms with Crippen LogP contribution in [0.25, 0.3) is 0 Å². The molecule has 0 aliphatic carbocycles. The van der Waals surface area contributed by atoms with Crippen molar-refractivity contribution in [1.29, 1.82) is 0 Å². The Kier molecular flexibility index (Phi) is 3.21. The van der Waals surface area contributed by atoms with Crippen molar-refractivity contribution in [3.8, 4) is 0 Å². The molecule has 2 unspecified atom stereocenters.